The van der Waals surface area contributed by atoms with Crippen LogP contribution in [0.4, 0.5) is 5.82 Å². The largest absolute Gasteiger partial charge is 0.370 e. The number of hydrogen-bond donors (Lipinski definition) is 4. The van der Waals surface area contributed by atoms with Crippen LogP contribution in [0.3, 0.4) is 0 Å². The second-order valence-electron chi connectivity index (χ2n) is 7.71. The lowest BCUT2D eigenvalue weighted by Crippen LogP contribution is -2.40. The van der Waals surface area contributed by atoms with Crippen molar-refractivity contribution < 1.29 is 14.4 Å². The number of fused-ring (bicyclic) bond motifs is 1. The molecule has 3 aromatic rings. The first kappa shape index (κ1) is 21.8. The summed E-state index contributed by atoms with van der Waals surface area (Å²) in [5.74, 6) is -0.758. The van der Waals surface area contributed by atoms with E-state index >= 15 is 0 Å². The zero-order valence-corrected chi connectivity index (χ0v) is 17.4. The van der Waals surface area contributed by atoms with Crippen LogP contribution in [0.2, 0.25) is 0 Å². The summed E-state index contributed by atoms with van der Waals surface area (Å²) < 4.78 is 0. The molecule has 0 aliphatic carbocycles. The lowest BCUT2D eigenvalue weighted by Gasteiger charge is -2.24. The number of carbonyl (C=O) groups excluding carboxylic acids is 3. The Morgan fingerprint density at radius 2 is 1.90 bits per heavy atom. The average Bonchev–Trinajstić information content (AvgIpc) is 3.17. The number of H-pyrrole nitrogens is 1. The number of nitrogens with two attached hydrogens (primary N) is 1. The third-order valence-corrected chi connectivity index (χ3v) is 4.72. The van der Waals surface area contributed by atoms with Gasteiger partial charge in [-0.1, -0.05) is 18.2 Å². The average molecular weight is 419 g/mol. The van der Waals surface area contributed by atoms with Crippen LogP contribution < -0.4 is 16.4 Å². The van der Waals surface area contributed by atoms with E-state index in [2.05, 4.69) is 20.6 Å². The highest BCUT2D eigenvalue weighted by molar-refractivity contribution is 5.93. The zero-order valence-electron chi connectivity index (χ0n) is 17.4. The number of anilines is 1. The normalized spacial score (nSPS) is 11.5. The summed E-state index contributed by atoms with van der Waals surface area (Å²) in [7, 11) is 0. The van der Waals surface area contributed by atoms with Gasteiger partial charge in [-0.2, -0.15) is 0 Å². The van der Waals surface area contributed by atoms with E-state index in [4.69, 9.17) is 5.73 Å². The predicted molar refractivity (Wildman–Crippen MR) is 120 cm³/mol. The van der Waals surface area contributed by atoms with Gasteiger partial charge in [-0.15, -0.1) is 0 Å². The summed E-state index contributed by atoms with van der Waals surface area (Å²) in [6, 6.07) is 13.3. The van der Waals surface area contributed by atoms with Crippen LogP contribution >= 0.6 is 0 Å². The number of nitrogens with one attached hydrogen (secondary N) is 3. The summed E-state index contributed by atoms with van der Waals surface area (Å²) in [5, 5.41) is 6.66. The summed E-state index contributed by atoms with van der Waals surface area (Å²) >= 11 is 0. The van der Waals surface area contributed by atoms with Gasteiger partial charge in [-0.05, 0) is 55.1 Å². The van der Waals surface area contributed by atoms with Crippen LogP contribution in [0.15, 0.2) is 54.7 Å². The molecule has 0 aliphatic heterocycles. The van der Waals surface area contributed by atoms with Crippen molar-refractivity contribution >= 4 is 40.5 Å². The molecule has 8 heteroatoms. The van der Waals surface area contributed by atoms with Crippen LogP contribution in [0, 0.1) is 0 Å². The van der Waals surface area contributed by atoms with E-state index in [1.54, 1.807) is 18.2 Å². The maximum absolute atomic E-state index is 12.4. The van der Waals surface area contributed by atoms with Gasteiger partial charge in [0, 0.05) is 36.3 Å². The van der Waals surface area contributed by atoms with E-state index in [0.717, 1.165) is 16.6 Å². The molecule has 0 atom stereocenters. The molecule has 0 saturated carbocycles. The molecule has 3 amide bonds. The van der Waals surface area contributed by atoms with Gasteiger partial charge >= 0.3 is 0 Å². The van der Waals surface area contributed by atoms with Crippen molar-refractivity contribution in [3.8, 4) is 0 Å². The minimum atomic E-state index is -0.586. The van der Waals surface area contributed by atoms with Crippen molar-refractivity contribution in [3.05, 3.63) is 66.0 Å². The van der Waals surface area contributed by atoms with E-state index in [-0.39, 0.29) is 24.7 Å². The highest BCUT2D eigenvalue weighted by Gasteiger charge is 2.23. The summed E-state index contributed by atoms with van der Waals surface area (Å²) in [6.45, 7) is 3.86. The predicted octanol–water partition coefficient (Wildman–Crippen LogP) is 2.83. The molecule has 31 heavy (non-hydrogen) atoms. The molecule has 5 N–H and O–H groups in total. The molecule has 160 valence electrons. The van der Waals surface area contributed by atoms with Gasteiger partial charge in [-0.25, -0.2) is 4.98 Å². The Balaban J connectivity index is 1.57. The lowest BCUT2D eigenvalue weighted by atomic mass is 10.0. The van der Waals surface area contributed by atoms with Gasteiger partial charge in [-0.3, -0.25) is 14.4 Å². The van der Waals surface area contributed by atoms with Crippen LogP contribution in [-0.2, 0) is 19.9 Å². The summed E-state index contributed by atoms with van der Waals surface area (Å²) in [4.78, 5) is 42.3. The van der Waals surface area contributed by atoms with Crippen molar-refractivity contribution in [2.45, 2.75) is 32.2 Å². The molecule has 0 spiro atoms. The molecular weight excluding hydrogens is 394 g/mol. The van der Waals surface area contributed by atoms with Crippen molar-refractivity contribution in [2.75, 3.05) is 5.32 Å². The number of aromatic nitrogens is 2. The fraction of sp³-hybridized carbons (Fsp3) is 0.217. The van der Waals surface area contributed by atoms with Gasteiger partial charge in [0.1, 0.15) is 5.82 Å². The molecule has 2 aromatic heterocycles. The Kier molecular flexibility index (Phi) is 6.49. The Hall–Kier alpha value is -3.94. The molecule has 3 rings (SSSR count). The zero-order chi connectivity index (χ0) is 22.4. The number of para-hydroxylation sites is 1. The van der Waals surface area contributed by atoms with Gasteiger partial charge in [0.2, 0.25) is 17.7 Å². The van der Waals surface area contributed by atoms with E-state index < -0.39 is 11.4 Å². The number of aromatic amines is 1. The van der Waals surface area contributed by atoms with E-state index in [1.165, 1.54) is 12.3 Å². The fourth-order valence-corrected chi connectivity index (χ4v) is 3.02. The van der Waals surface area contributed by atoms with E-state index in [1.807, 2.05) is 44.2 Å². The van der Waals surface area contributed by atoms with Crippen molar-refractivity contribution in [1.82, 2.24) is 15.3 Å². The molecule has 0 aliphatic rings. The highest BCUT2D eigenvalue weighted by atomic mass is 16.2. The quantitative estimate of drug-likeness (QED) is 0.418. The molecule has 8 nitrogen and oxygen atoms in total. The monoisotopic (exact) mass is 419 g/mol. The second kappa shape index (κ2) is 9.25. The minimum Gasteiger partial charge on any atom is -0.370 e. The third kappa shape index (κ3) is 6.02. The van der Waals surface area contributed by atoms with Gasteiger partial charge < -0.3 is 21.4 Å². The van der Waals surface area contributed by atoms with Crippen LogP contribution in [0.5, 0.6) is 0 Å². The number of pyridine rings is 1. The molecule has 2 heterocycles. The maximum Gasteiger partial charge on any atom is 0.244 e. The maximum atomic E-state index is 12.4. The fourth-order valence-electron chi connectivity index (χ4n) is 3.02. The number of benzene rings is 1. The first-order chi connectivity index (χ1) is 14.7. The van der Waals surface area contributed by atoms with Crippen molar-refractivity contribution in [3.63, 3.8) is 0 Å². The van der Waals surface area contributed by atoms with Gasteiger partial charge in [0.05, 0.1) is 5.54 Å². The number of rotatable bonds is 8. The number of amides is 3. The van der Waals surface area contributed by atoms with Crippen molar-refractivity contribution in [1.29, 1.82) is 0 Å². The highest BCUT2D eigenvalue weighted by Crippen LogP contribution is 2.24. The minimum absolute atomic E-state index is 0.00496. The van der Waals surface area contributed by atoms with E-state index in [9.17, 15) is 14.4 Å². The lowest BCUT2D eigenvalue weighted by molar-refractivity contribution is -0.122. The number of hydrogen-bond acceptors (Lipinski definition) is 4. The number of nitrogens with zero attached hydrogens (tertiary/aromatic N) is 1. The molecular formula is C23H25N5O3. The number of primary amides is 1. The SMILES string of the molecule is CC(C)(NC(=O)C=Cc1ccc(NC(=O)CCC(N)=O)nc1)c1cc2ccccc2[nH]1. The Labute approximate surface area is 179 Å². The van der Waals surface area contributed by atoms with Crippen LogP contribution in [-0.4, -0.2) is 27.7 Å². The Bertz CT molecular complexity index is 1100. The topological polar surface area (TPSA) is 130 Å². The van der Waals surface area contributed by atoms with Crippen LogP contribution in [0.1, 0.15) is 37.9 Å². The standard InChI is InChI=1S/C23H25N5O3/c1-23(2,18-13-16-5-3-4-6-17(16)26-18)28-22(31)11-8-15-7-10-20(25-14-15)27-21(30)12-9-19(24)29/h3-8,10-11,13-14,26H,9,12H2,1-2H3,(H2,24,29)(H,28,31)(H,25,27,30). The summed E-state index contributed by atoms with van der Waals surface area (Å²) in [5.41, 5.74) is 7.07. The third-order valence-electron chi connectivity index (χ3n) is 4.72. The molecule has 0 fully saturated rings. The van der Waals surface area contributed by atoms with Crippen molar-refractivity contribution in [2.24, 2.45) is 5.73 Å². The first-order valence-corrected chi connectivity index (χ1v) is 9.85. The molecule has 0 radical (unpaired) electrons. The Morgan fingerprint density at radius 1 is 1.13 bits per heavy atom. The molecule has 0 bridgehead atoms. The Morgan fingerprint density at radius 3 is 2.58 bits per heavy atom. The first-order valence-electron chi connectivity index (χ1n) is 9.85. The number of carbonyl (C=O) groups is 3. The summed E-state index contributed by atoms with van der Waals surface area (Å²) in [6.07, 6.45) is 4.60. The molecule has 0 saturated heterocycles. The van der Waals surface area contributed by atoms with Gasteiger partial charge in [0.15, 0.2) is 0 Å². The van der Waals surface area contributed by atoms with Crippen LogP contribution in [0.25, 0.3) is 17.0 Å². The smallest absolute Gasteiger partial charge is 0.244 e. The van der Waals surface area contributed by atoms with Gasteiger partial charge in [0.25, 0.3) is 0 Å². The molecule has 1 aromatic carbocycles. The van der Waals surface area contributed by atoms with E-state index in [0.29, 0.717) is 11.4 Å². The second-order valence-corrected chi connectivity index (χ2v) is 7.71. The molecule has 0 unspecified atom stereocenters.